The molecular weight excluding hydrogens is 172 g/mol. The fraction of sp³-hybridized carbons (Fsp3) is 0.750. The third-order valence-corrected chi connectivity index (χ3v) is 2.69. The molecule has 0 aliphatic carbocycles. The Bertz CT molecular complexity index is 273. The first kappa shape index (κ1) is 8.32. The standard InChI is InChI=1S/C8H10N2O3/c9-3-4-1-7-5(10-8(11)12)2-6(4)13-7/h4-7,10H,1-2H2,(H,11,12). The number of carboxylic acid groups (broad SMARTS) is 1. The zero-order valence-corrected chi connectivity index (χ0v) is 6.93. The van der Waals surface area contributed by atoms with E-state index in [0.29, 0.717) is 12.8 Å². The molecule has 0 aromatic rings. The van der Waals surface area contributed by atoms with E-state index in [1.54, 1.807) is 0 Å². The molecule has 2 fully saturated rings. The van der Waals surface area contributed by atoms with Crippen molar-refractivity contribution in [2.24, 2.45) is 5.92 Å². The van der Waals surface area contributed by atoms with Crippen LogP contribution in [0.3, 0.4) is 0 Å². The van der Waals surface area contributed by atoms with Crippen molar-refractivity contribution in [1.82, 2.24) is 5.32 Å². The van der Waals surface area contributed by atoms with Crippen LogP contribution in [0.1, 0.15) is 12.8 Å². The molecule has 4 atom stereocenters. The highest BCUT2D eigenvalue weighted by molar-refractivity contribution is 5.65. The summed E-state index contributed by atoms with van der Waals surface area (Å²) in [7, 11) is 0. The molecule has 70 valence electrons. The van der Waals surface area contributed by atoms with Gasteiger partial charge in [-0.25, -0.2) is 4.79 Å². The molecule has 13 heavy (non-hydrogen) atoms. The molecule has 2 saturated heterocycles. The second kappa shape index (κ2) is 2.89. The van der Waals surface area contributed by atoms with Gasteiger partial charge in [0.15, 0.2) is 0 Å². The lowest BCUT2D eigenvalue weighted by atomic mass is 9.87. The Kier molecular flexibility index (Phi) is 1.85. The predicted octanol–water partition coefficient (Wildman–Crippen LogP) is 0.324. The molecule has 2 N–H and O–H groups in total. The summed E-state index contributed by atoms with van der Waals surface area (Å²) in [6.45, 7) is 0. The molecule has 0 radical (unpaired) electrons. The average Bonchev–Trinajstić information content (AvgIpc) is 2.60. The first-order valence-electron chi connectivity index (χ1n) is 4.25. The van der Waals surface area contributed by atoms with Crippen LogP contribution in [-0.2, 0) is 4.74 Å². The van der Waals surface area contributed by atoms with Gasteiger partial charge in [-0.05, 0) is 12.8 Å². The van der Waals surface area contributed by atoms with E-state index in [0.717, 1.165) is 0 Å². The summed E-state index contributed by atoms with van der Waals surface area (Å²) in [6, 6.07) is 2.05. The lowest BCUT2D eigenvalue weighted by molar-refractivity contribution is 0.0919. The summed E-state index contributed by atoms with van der Waals surface area (Å²) in [4.78, 5) is 10.4. The third-order valence-electron chi connectivity index (χ3n) is 2.69. The summed E-state index contributed by atoms with van der Waals surface area (Å²) in [5.74, 6) is -0.0446. The minimum absolute atomic E-state index is 0.0446. The second-order valence-electron chi connectivity index (χ2n) is 3.48. The molecule has 0 aromatic heterocycles. The van der Waals surface area contributed by atoms with Crippen molar-refractivity contribution in [3.8, 4) is 6.07 Å². The van der Waals surface area contributed by atoms with E-state index in [-0.39, 0.29) is 24.2 Å². The molecule has 1 amide bonds. The van der Waals surface area contributed by atoms with Gasteiger partial charge in [0.25, 0.3) is 0 Å². The average molecular weight is 182 g/mol. The van der Waals surface area contributed by atoms with Gasteiger partial charge in [-0.2, -0.15) is 5.26 Å². The first-order chi connectivity index (χ1) is 6.20. The third kappa shape index (κ3) is 1.33. The summed E-state index contributed by atoms with van der Waals surface area (Å²) in [5.41, 5.74) is 0. The van der Waals surface area contributed by atoms with Gasteiger partial charge >= 0.3 is 6.09 Å². The van der Waals surface area contributed by atoms with E-state index in [1.165, 1.54) is 0 Å². The number of nitrogens with one attached hydrogen (secondary N) is 1. The molecule has 2 aliphatic heterocycles. The maximum atomic E-state index is 10.4. The van der Waals surface area contributed by atoms with Crippen LogP contribution in [0, 0.1) is 17.2 Å². The van der Waals surface area contributed by atoms with E-state index < -0.39 is 6.09 Å². The van der Waals surface area contributed by atoms with Crippen LogP contribution in [0.4, 0.5) is 4.79 Å². The maximum absolute atomic E-state index is 10.4. The molecule has 2 bridgehead atoms. The van der Waals surface area contributed by atoms with Crippen molar-refractivity contribution in [2.45, 2.75) is 31.1 Å². The molecule has 5 nitrogen and oxygen atoms in total. The Balaban J connectivity index is 1.96. The summed E-state index contributed by atoms with van der Waals surface area (Å²) in [5, 5.41) is 19.6. The first-order valence-corrected chi connectivity index (χ1v) is 4.25. The maximum Gasteiger partial charge on any atom is 0.404 e. The number of amides is 1. The summed E-state index contributed by atoms with van der Waals surface area (Å²) < 4.78 is 5.44. The van der Waals surface area contributed by atoms with Crippen molar-refractivity contribution in [3.63, 3.8) is 0 Å². The molecule has 2 heterocycles. The number of nitrogens with zero attached hydrogens (tertiary/aromatic N) is 1. The van der Waals surface area contributed by atoms with Gasteiger partial charge in [-0.3, -0.25) is 0 Å². The SMILES string of the molecule is N#CC1CC2OC1CC2NC(=O)O. The highest BCUT2D eigenvalue weighted by atomic mass is 16.5. The Hall–Kier alpha value is -1.28. The van der Waals surface area contributed by atoms with Gasteiger partial charge in [0.05, 0.1) is 30.2 Å². The number of rotatable bonds is 1. The lowest BCUT2D eigenvalue weighted by Crippen LogP contribution is -2.41. The summed E-state index contributed by atoms with van der Waals surface area (Å²) in [6.07, 6.45) is 0.119. The van der Waals surface area contributed by atoms with E-state index in [9.17, 15) is 4.79 Å². The number of nitriles is 1. The molecule has 4 unspecified atom stereocenters. The van der Waals surface area contributed by atoms with Crippen LogP contribution < -0.4 is 5.32 Å². The molecule has 0 aromatic carbocycles. The molecule has 5 heteroatoms. The van der Waals surface area contributed by atoms with Gasteiger partial charge in [0.2, 0.25) is 0 Å². The normalized spacial score (nSPS) is 41.5. The fourth-order valence-corrected chi connectivity index (χ4v) is 2.10. The number of ether oxygens (including phenoxy) is 1. The van der Waals surface area contributed by atoms with E-state index in [2.05, 4.69) is 11.4 Å². The Morgan fingerprint density at radius 3 is 2.77 bits per heavy atom. The molecule has 2 rings (SSSR count). The Morgan fingerprint density at radius 1 is 1.54 bits per heavy atom. The van der Waals surface area contributed by atoms with Crippen LogP contribution in [0.5, 0.6) is 0 Å². The molecular formula is C8H10N2O3. The topological polar surface area (TPSA) is 82.3 Å². The van der Waals surface area contributed by atoms with E-state index in [4.69, 9.17) is 15.1 Å². The zero-order chi connectivity index (χ0) is 9.42. The van der Waals surface area contributed by atoms with Gasteiger partial charge in [0, 0.05) is 0 Å². The van der Waals surface area contributed by atoms with Gasteiger partial charge in [0.1, 0.15) is 0 Å². The van der Waals surface area contributed by atoms with Crippen LogP contribution >= 0.6 is 0 Å². The Morgan fingerprint density at radius 2 is 2.31 bits per heavy atom. The number of hydrogen-bond acceptors (Lipinski definition) is 3. The van der Waals surface area contributed by atoms with Crippen LogP contribution in [0.25, 0.3) is 0 Å². The van der Waals surface area contributed by atoms with Crippen molar-refractivity contribution in [2.75, 3.05) is 0 Å². The second-order valence-corrected chi connectivity index (χ2v) is 3.48. The largest absolute Gasteiger partial charge is 0.465 e. The smallest absolute Gasteiger partial charge is 0.404 e. The highest BCUT2D eigenvalue weighted by Gasteiger charge is 2.47. The minimum atomic E-state index is -1.02. The molecule has 0 spiro atoms. The van der Waals surface area contributed by atoms with Gasteiger partial charge < -0.3 is 15.2 Å². The van der Waals surface area contributed by atoms with E-state index in [1.807, 2.05) is 0 Å². The van der Waals surface area contributed by atoms with Crippen LogP contribution in [0.2, 0.25) is 0 Å². The zero-order valence-electron chi connectivity index (χ0n) is 6.93. The highest BCUT2D eigenvalue weighted by Crippen LogP contribution is 2.38. The quantitative estimate of drug-likeness (QED) is 0.612. The number of fused-ring (bicyclic) bond motifs is 2. The number of hydrogen-bond donors (Lipinski definition) is 2. The molecule has 0 saturated carbocycles. The summed E-state index contributed by atoms with van der Waals surface area (Å²) >= 11 is 0. The van der Waals surface area contributed by atoms with E-state index >= 15 is 0 Å². The van der Waals surface area contributed by atoms with Crippen molar-refractivity contribution >= 4 is 6.09 Å². The van der Waals surface area contributed by atoms with Crippen molar-refractivity contribution < 1.29 is 14.6 Å². The Labute approximate surface area is 75.3 Å². The number of carbonyl (C=O) groups is 1. The van der Waals surface area contributed by atoms with Gasteiger partial charge in [-0.1, -0.05) is 0 Å². The predicted molar refractivity (Wildman–Crippen MR) is 41.9 cm³/mol. The minimum Gasteiger partial charge on any atom is -0.465 e. The van der Waals surface area contributed by atoms with Gasteiger partial charge in [-0.15, -0.1) is 0 Å². The molecule has 2 aliphatic rings. The van der Waals surface area contributed by atoms with Crippen molar-refractivity contribution in [3.05, 3.63) is 0 Å². The van der Waals surface area contributed by atoms with Crippen LogP contribution in [0.15, 0.2) is 0 Å². The van der Waals surface area contributed by atoms with Crippen LogP contribution in [-0.4, -0.2) is 29.4 Å². The fourth-order valence-electron chi connectivity index (χ4n) is 2.10. The lowest BCUT2D eigenvalue weighted by Gasteiger charge is -2.20. The van der Waals surface area contributed by atoms with Crippen molar-refractivity contribution in [1.29, 1.82) is 5.26 Å². The monoisotopic (exact) mass is 182 g/mol.